The first-order valence-electron chi connectivity index (χ1n) is 36.0. The van der Waals surface area contributed by atoms with Gasteiger partial charge in [0, 0.05) is 33.0 Å². The number of fused-ring (bicyclic) bond motifs is 30. The van der Waals surface area contributed by atoms with Crippen LogP contribution in [0.2, 0.25) is 0 Å². The first kappa shape index (κ1) is 57.2. The van der Waals surface area contributed by atoms with E-state index in [1.807, 2.05) is 0 Å². The summed E-state index contributed by atoms with van der Waals surface area (Å²) >= 11 is 0. The maximum absolute atomic E-state index is 5.60. The van der Waals surface area contributed by atoms with Gasteiger partial charge >= 0.3 is 0 Å². The highest BCUT2D eigenvalue weighted by Gasteiger charge is 2.55. The molecule has 2 aromatic heterocycles. The van der Waals surface area contributed by atoms with Gasteiger partial charge in [0.25, 0.3) is 0 Å². The van der Waals surface area contributed by atoms with E-state index in [2.05, 4.69) is 352 Å². The molecular formula is C100H58N4. The average molecular weight is 1320 g/mol. The van der Waals surface area contributed by atoms with E-state index in [-0.39, 0.29) is 0 Å². The third-order valence-corrected chi connectivity index (χ3v) is 23.4. The lowest BCUT2D eigenvalue weighted by molar-refractivity contribution is 0.809. The molecule has 0 bridgehead atoms. The van der Waals surface area contributed by atoms with Crippen LogP contribution in [0.25, 0.3) is 177 Å². The zero-order valence-electron chi connectivity index (χ0n) is 56.3. The Labute approximate surface area is 600 Å². The lowest BCUT2D eigenvalue weighted by Crippen LogP contribution is -2.26. The molecule has 0 saturated heterocycles. The number of hydrogen-bond acceptors (Lipinski definition) is 4. The lowest BCUT2D eigenvalue weighted by atomic mass is 9.68. The topological polar surface area (TPSA) is 51.6 Å². The van der Waals surface area contributed by atoms with Crippen LogP contribution in [0.15, 0.2) is 352 Å². The first-order chi connectivity index (χ1) is 51.5. The molecular weight excluding hydrogens is 1260 g/mol. The lowest BCUT2D eigenvalue weighted by Gasteiger charge is -2.32. The van der Waals surface area contributed by atoms with Gasteiger partial charge in [-0.15, -0.1) is 0 Å². The molecule has 478 valence electrons. The Kier molecular flexibility index (Phi) is 11.8. The first-order valence-corrected chi connectivity index (χ1v) is 36.0. The number of rotatable bonds is 6. The van der Waals surface area contributed by atoms with Crippen LogP contribution in [0.4, 0.5) is 0 Å². The molecule has 0 N–H and O–H groups in total. The summed E-state index contributed by atoms with van der Waals surface area (Å²) < 4.78 is 0. The van der Waals surface area contributed by atoms with Crippen molar-refractivity contribution >= 4 is 64.9 Å². The summed E-state index contributed by atoms with van der Waals surface area (Å²) in [4.78, 5) is 21.7. The highest BCUT2D eigenvalue weighted by atomic mass is 14.9. The summed E-state index contributed by atoms with van der Waals surface area (Å²) in [6, 6.07) is 130. The van der Waals surface area contributed by atoms with Gasteiger partial charge in [-0.2, -0.15) is 0 Å². The molecule has 19 aromatic rings. The highest BCUT2D eigenvalue weighted by Crippen LogP contribution is 2.67. The summed E-state index contributed by atoms with van der Waals surface area (Å²) in [6.45, 7) is 0. The van der Waals surface area contributed by atoms with Crippen molar-refractivity contribution < 1.29 is 0 Å². The fourth-order valence-corrected chi connectivity index (χ4v) is 19.2. The number of aromatic nitrogens is 4. The minimum Gasteiger partial charge on any atom is -0.228 e. The van der Waals surface area contributed by atoms with Gasteiger partial charge in [0.15, 0.2) is 11.6 Å². The average Bonchev–Trinajstić information content (AvgIpc) is 1.50. The molecule has 17 aromatic carbocycles. The van der Waals surface area contributed by atoms with Crippen LogP contribution in [-0.4, -0.2) is 19.9 Å². The smallest absolute Gasteiger partial charge is 0.160 e. The van der Waals surface area contributed by atoms with E-state index in [9.17, 15) is 0 Å². The standard InChI is InChI=1S/C100H58N4/c1-2-19-59(20-3-1)60-37-39-62(40-38-60)95-83-29-10-16-35-89(83)101-97(103-95)69-46-49-74-66(57-69)45-54-82-81-52-43-65-55-64(42-48-72(65)92(81)100(94(74)82)87-33-14-8-27-77(87)78-28-9-15-34-88(78)100)63-22-18-23-68(56-63)96-84-30-11-17-36-90(84)102-98(104-96)70-47-50-73-67(58-70)44-53-80-79-51-41-61-21-4-5-24-71(61)91(79)99(93(73)80)85-31-12-6-25-75(85)76-26-7-13-32-86(76)99/h1-58H. The Morgan fingerprint density at radius 2 is 0.500 bits per heavy atom. The third kappa shape index (κ3) is 7.80. The van der Waals surface area contributed by atoms with E-state index in [1.165, 1.54) is 132 Å². The predicted octanol–water partition coefficient (Wildman–Crippen LogP) is 24.9. The van der Waals surface area contributed by atoms with Gasteiger partial charge in [0.05, 0.1) is 33.3 Å². The second-order valence-electron chi connectivity index (χ2n) is 28.5. The number of nitrogens with zero attached hydrogens (tertiary/aromatic N) is 4. The minimum atomic E-state index is -0.618. The molecule has 0 radical (unpaired) electrons. The third-order valence-electron chi connectivity index (χ3n) is 23.4. The monoisotopic (exact) mass is 1310 g/mol. The molecule has 4 nitrogen and oxygen atoms in total. The Morgan fingerprint density at radius 3 is 0.990 bits per heavy atom. The minimum absolute atomic E-state index is 0.520. The van der Waals surface area contributed by atoms with Crippen LogP contribution in [0.1, 0.15) is 44.5 Å². The molecule has 0 atom stereocenters. The normalized spacial score (nSPS) is 13.5. The van der Waals surface area contributed by atoms with Crippen molar-refractivity contribution in [2.45, 2.75) is 10.8 Å². The van der Waals surface area contributed by atoms with Crippen molar-refractivity contribution in [3.05, 3.63) is 396 Å². The van der Waals surface area contributed by atoms with Gasteiger partial charge in [-0.05, 0) is 191 Å². The second kappa shape index (κ2) is 21.5. The largest absolute Gasteiger partial charge is 0.228 e. The Balaban J connectivity index is 0.638. The zero-order chi connectivity index (χ0) is 67.9. The molecule has 4 aliphatic carbocycles. The van der Waals surface area contributed by atoms with Gasteiger partial charge in [0.1, 0.15) is 0 Å². The van der Waals surface area contributed by atoms with Gasteiger partial charge in [-0.3, -0.25) is 0 Å². The highest BCUT2D eigenvalue weighted by molar-refractivity contribution is 6.12. The number of benzene rings is 17. The molecule has 0 unspecified atom stereocenters. The van der Waals surface area contributed by atoms with E-state index >= 15 is 0 Å². The summed E-state index contributed by atoms with van der Waals surface area (Å²) in [7, 11) is 0. The molecule has 0 aliphatic heterocycles. The van der Waals surface area contributed by atoms with Gasteiger partial charge in [-0.25, -0.2) is 19.9 Å². The van der Waals surface area contributed by atoms with Crippen LogP contribution in [0.3, 0.4) is 0 Å². The van der Waals surface area contributed by atoms with Gasteiger partial charge < -0.3 is 0 Å². The van der Waals surface area contributed by atoms with Crippen molar-refractivity contribution in [3.8, 4) is 112 Å². The fraction of sp³-hybridized carbons (Fsp3) is 0.0200. The summed E-state index contributed by atoms with van der Waals surface area (Å²) in [5, 5.41) is 11.8. The predicted molar refractivity (Wildman–Crippen MR) is 428 cm³/mol. The summed E-state index contributed by atoms with van der Waals surface area (Å²) in [5.41, 5.74) is 32.0. The molecule has 0 amide bonds. The van der Waals surface area contributed by atoms with Crippen LogP contribution in [-0.2, 0) is 10.8 Å². The fourth-order valence-electron chi connectivity index (χ4n) is 19.2. The molecule has 23 rings (SSSR count). The summed E-state index contributed by atoms with van der Waals surface area (Å²) in [6.07, 6.45) is 0. The summed E-state index contributed by atoms with van der Waals surface area (Å²) in [5.74, 6) is 1.39. The van der Waals surface area contributed by atoms with Crippen molar-refractivity contribution in [2.24, 2.45) is 0 Å². The van der Waals surface area contributed by atoms with E-state index in [1.54, 1.807) is 0 Å². The van der Waals surface area contributed by atoms with Crippen LogP contribution < -0.4 is 0 Å². The molecule has 104 heavy (non-hydrogen) atoms. The van der Waals surface area contributed by atoms with Crippen molar-refractivity contribution in [1.82, 2.24) is 19.9 Å². The van der Waals surface area contributed by atoms with Crippen molar-refractivity contribution in [3.63, 3.8) is 0 Å². The van der Waals surface area contributed by atoms with Gasteiger partial charge in [0.2, 0.25) is 0 Å². The van der Waals surface area contributed by atoms with Crippen LogP contribution in [0, 0.1) is 0 Å². The number of para-hydroxylation sites is 2. The van der Waals surface area contributed by atoms with E-state index in [4.69, 9.17) is 19.9 Å². The van der Waals surface area contributed by atoms with E-state index in [0.717, 1.165) is 77.3 Å². The Morgan fingerprint density at radius 1 is 0.173 bits per heavy atom. The molecule has 4 aliphatic rings. The van der Waals surface area contributed by atoms with E-state index in [0.29, 0.717) is 11.6 Å². The molecule has 2 heterocycles. The van der Waals surface area contributed by atoms with E-state index < -0.39 is 10.8 Å². The van der Waals surface area contributed by atoms with Gasteiger partial charge in [-0.1, -0.05) is 315 Å². The Hall–Kier alpha value is -13.5. The molecule has 2 spiro atoms. The quantitative estimate of drug-likeness (QED) is 0.166. The zero-order valence-corrected chi connectivity index (χ0v) is 56.3. The Bertz CT molecular complexity index is 6890. The number of hydrogen-bond donors (Lipinski definition) is 0. The molecule has 0 fully saturated rings. The maximum Gasteiger partial charge on any atom is 0.160 e. The van der Waals surface area contributed by atoms with Crippen molar-refractivity contribution in [1.29, 1.82) is 0 Å². The van der Waals surface area contributed by atoms with Crippen molar-refractivity contribution in [2.75, 3.05) is 0 Å². The molecule has 0 saturated carbocycles. The maximum atomic E-state index is 5.60. The molecule has 4 heteroatoms. The van der Waals surface area contributed by atoms with Crippen LogP contribution in [0.5, 0.6) is 0 Å². The van der Waals surface area contributed by atoms with Crippen LogP contribution >= 0.6 is 0 Å². The second-order valence-corrected chi connectivity index (χ2v) is 28.5. The SMILES string of the molecule is c1ccc(-c2ccc(-c3nc(-c4ccc5c6c(ccc5c4)-c4ccc5cc(-c7cccc(-c8nc(-c9ccc%10c%11c(ccc%10c9)-c9ccc%10ccccc%10c9C%119c%10ccccc%10-c%10ccccc%109)nc9ccccc89)c7)ccc5c4C64c5ccccc5-c5ccccc54)nc4ccccc34)cc2)cc1.